The van der Waals surface area contributed by atoms with Crippen molar-refractivity contribution in [1.29, 1.82) is 0 Å². The number of methoxy groups -OCH3 is 1. The van der Waals surface area contributed by atoms with E-state index in [0.717, 1.165) is 31.7 Å². The number of hydrogen-bond donors (Lipinski definition) is 1. The van der Waals surface area contributed by atoms with Crippen LogP contribution in [0.4, 0.5) is 10.6 Å². The molecule has 0 spiro atoms. The molecule has 2 aliphatic rings. The van der Waals surface area contributed by atoms with Crippen molar-refractivity contribution in [3.63, 3.8) is 0 Å². The molecule has 3 rings (SSSR count). The van der Waals surface area contributed by atoms with Crippen LogP contribution in [0, 0.1) is 11.8 Å². The SMILES string of the molecule is COC(=O)N1CCC(CNC(=O)c2ccnc(N3CCC(C)C3)c2)C1. The Balaban J connectivity index is 1.53. The molecule has 0 saturated carbocycles. The number of ether oxygens (including phenoxy) is 1. The number of rotatable bonds is 4. The lowest BCUT2D eigenvalue weighted by molar-refractivity contribution is 0.0947. The largest absolute Gasteiger partial charge is 0.453 e. The monoisotopic (exact) mass is 346 g/mol. The second kappa shape index (κ2) is 7.72. The summed E-state index contributed by atoms with van der Waals surface area (Å²) in [4.78, 5) is 32.3. The van der Waals surface area contributed by atoms with E-state index in [2.05, 4.69) is 22.1 Å². The first kappa shape index (κ1) is 17.5. The molecule has 25 heavy (non-hydrogen) atoms. The molecule has 136 valence electrons. The molecule has 7 heteroatoms. The first-order chi connectivity index (χ1) is 12.1. The topological polar surface area (TPSA) is 74.8 Å². The summed E-state index contributed by atoms with van der Waals surface area (Å²) >= 11 is 0. The molecule has 1 aromatic heterocycles. The van der Waals surface area contributed by atoms with Crippen LogP contribution >= 0.6 is 0 Å². The van der Waals surface area contributed by atoms with Gasteiger partial charge >= 0.3 is 6.09 Å². The predicted molar refractivity (Wildman–Crippen MR) is 94.6 cm³/mol. The van der Waals surface area contributed by atoms with Crippen molar-refractivity contribution in [3.8, 4) is 0 Å². The summed E-state index contributed by atoms with van der Waals surface area (Å²) in [5.74, 6) is 1.71. The molecule has 2 atom stereocenters. The molecule has 2 aliphatic heterocycles. The number of nitrogens with zero attached hydrogens (tertiary/aromatic N) is 3. The highest BCUT2D eigenvalue weighted by atomic mass is 16.5. The zero-order valence-electron chi connectivity index (χ0n) is 14.9. The third kappa shape index (κ3) is 4.21. The van der Waals surface area contributed by atoms with E-state index in [9.17, 15) is 9.59 Å². The quantitative estimate of drug-likeness (QED) is 0.899. The summed E-state index contributed by atoms with van der Waals surface area (Å²) < 4.78 is 4.73. The van der Waals surface area contributed by atoms with Crippen molar-refractivity contribution in [3.05, 3.63) is 23.9 Å². The Morgan fingerprint density at radius 2 is 2.16 bits per heavy atom. The van der Waals surface area contributed by atoms with Crippen molar-refractivity contribution in [1.82, 2.24) is 15.2 Å². The minimum atomic E-state index is -0.299. The Morgan fingerprint density at radius 1 is 1.32 bits per heavy atom. The molecule has 2 saturated heterocycles. The summed E-state index contributed by atoms with van der Waals surface area (Å²) in [6, 6.07) is 3.61. The van der Waals surface area contributed by atoms with Crippen molar-refractivity contribution < 1.29 is 14.3 Å². The highest BCUT2D eigenvalue weighted by molar-refractivity contribution is 5.94. The number of amides is 2. The highest BCUT2D eigenvalue weighted by Gasteiger charge is 2.27. The van der Waals surface area contributed by atoms with Gasteiger partial charge in [0.25, 0.3) is 5.91 Å². The number of anilines is 1. The van der Waals surface area contributed by atoms with Crippen LogP contribution in [-0.4, -0.2) is 61.7 Å². The molecule has 7 nitrogen and oxygen atoms in total. The van der Waals surface area contributed by atoms with Gasteiger partial charge in [-0.15, -0.1) is 0 Å². The maximum atomic E-state index is 12.4. The fourth-order valence-corrected chi connectivity index (χ4v) is 3.51. The van der Waals surface area contributed by atoms with Crippen LogP contribution in [0.15, 0.2) is 18.3 Å². The zero-order chi connectivity index (χ0) is 17.8. The predicted octanol–water partition coefficient (Wildman–Crippen LogP) is 1.75. The lowest BCUT2D eigenvalue weighted by Gasteiger charge is -2.18. The average molecular weight is 346 g/mol. The molecule has 3 heterocycles. The fourth-order valence-electron chi connectivity index (χ4n) is 3.51. The van der Waals surface area contributed by atoms with Crippen molar-refractivity contribution in [2.24, 2.45) is 11.8 Å². The third-order valence-electron chi connectivity index (χ3n) is 5.03. The molecule has 2 amide bonds. The highest BCUT2D eigenvalue weighted by Crippen LogP contribution is 2.22. The minimum absolute atomic E-state index is 0.0904. The second-order valence-corrected chi connectivity index (χ2v) is 7.02. The maximum absolute atomic E-state index is 12.4. The van der Waals surface area contributed by atoms with Crippen molar-refractivity contribution in [2.45, 2.75) is 19.8 Å². The van der Waals surface area contributed by atoms with Crippen LogP contribution in [0.2, 0.25) is 0 Å². The Hall–Kier alpha value is -2.31. The Labute approximate surface area is 148 Å². The van der Waals surface area contributed by atoms with Gasteiger partial charge in [-0.05, 0) is 36.8 Å². The molecule has 0 aliphatic carbocycles. The van der Waals surface area contributed by atoms with E-state index >= 15 is 0 Å². The van der Waals surface area contributed by atoms with Crippen LogP contribution in [-0.2, 0) is 4.74 Å². The molecule has 2 fully saturated rings. The van der Waals surface area contributed by atoms with Crippen LogP contribution in [0.25, 0.3) is 0 Å². The van der Waals surface area contributed by atoms with Gasteiger partial charge in [-0.25, -0.2) is 9.78 Å². The van der Waals surface area contributed by atoms with Gasteiger partial charge in [-0.2, -0.15) is 0 Å². The normalized spacial score (nSPS) is 23.0. The average Bonchev–Trinajstić information content (AvgIpc) is 3.28. The smallest absolute Gasteiger partial charge is 0.409 e. The van der Waals surface area contributed by atoms with Gasteiger partial charge < -0.3 is 19.9 Å². The minimum Gasteiger partial charge on any atom is -0.453 e. The van der Waals surface area contributed by atoms with Gasteiger partial charge in [0, 0.05) is 44.5 Å². The number of aromatic nitrogens is 1. The van der Waals surface area contributed by atoms with Gasteiger partial charge in [0.05, 0.1) is 7.11 Å². The molecule has 0 bridgehead atoms. The van der Waals surface area contributed by atoms with E-state index in [0.29, 0.717) is 31.1 Å². The number of carbonyl (C=O) groups excluding carboxylic acids is 2. The standard InChI is InChI=1S/C18H26N4O3/c1-13-4-7-21(11-13)16-9-15(3-6-19-16)17(23)20-10-14-5-8-22(12-14)18(24)25-2/h3,6,9,13-14H,4-5,7-8,10-12H2,1-2H3,(H,20,23). The Kier molecular flexibility index (Phi) is 5.40. The number of nitrogens with one attached hydrogen (secondary N) is 1. The molecule has 0 aromatic carbocycles. The van der Waals surface area contributed by atoms with Crippen LogP contribution in [0.3, 0.4) is 0 Å². The molecule has 1 N–H and O–H groups in total. The fraction of sp³-hybridized carbons (Fsp3) is 0.611. The molecule has 2 unspecified atom stereocenters. The number of likely N-dealkylation sites (tertiary alicyclic amines) is 1. The number of hydrogen-bond acceptors (Lipinski definition) is 5. The van der Waals surface area contributed by atoms with Gasteiger partial charge in [0.1, 0.15) is 5.82 Å². The summed E-state index contributed by atoms with van der Waals surface area (Å²) in [5, 5.41) is 2.98. The van der Waals surface area contributed by atoms with E-state index in [1.165, 1.54) is 7.11 Å². The van der Waals surface area contributed by atoms with Gasteiger partial charge in [-0.1, -0.05) is 6.92 Å². The lowest BCUT2D eigenvalue weighted by Crippen LogP contribution is -2.33. The Morgan fingerprint density at radius 3 is 2.88 bits per heavy atom. The van der Waals surface area contributed by atoms with Crippen molar-refractivity contribution in [2.75, 3.05) is 44.7 Å². The first-order valence-electron chi connectivity index (χ1n) is 8.89. The van der Waals surface area contributed by atoms with Gasteiger partial charge in [0.15, 0.2) is 0 Å². The molecule has 0 radical (unpaired) electrons. The van der Waals surface area contributed by atoms with Crippen LogP contribution in [0.1, 0.15) is 30.1 Å². The zero-order valence-corrected chi connectivity index (χ0v) is 14.9. The van der Waals surface area contributed by atoms with Crippen molar-refractivity contribution >= 4 is 17.8 Å². The summed E-state index contributed by atoms with van der Waals surface area (Å²) in [6.45, 7) is 6.08. The van der Waals surface area contributed by atoms with E-state index in [1.54, 1.807) is 17.2 Å². The molecule has 1 aromatic rings. The molecular weight excluding hydrogens is 320 g/mol. The third-order valence-corrected chi connectivity index (χ3v) is 5.03. The maximum Gasteiger partial charge on any atom is 0.409 e. The van der Waals surface area contributed by atoms with E-state index in [1.807, 2.05) is 6.07 Å². The molecular formula is C18H26N4O3. The van der Waals surface area contributed by atoms with E-state index in [-0.39, 0.29) is 17.9 Å². The Bertz CT molecular complexity index is 637. The lowest BCUT2D eigenvalue weighted by atomic mass is 10.1. The van der Waals surface area contributed by atoms with Crippen LogP contribution < -0.4 is 10.2 Å². The first-order valence-corrected chi connectivity index (χ1v) is 8.89. The van der Waals surface area contributed by atoms with Crippen LogP contribution in [0.5, 0.6) is 0 Å². The summed E-state index contributed by atoms with van der Waals surface area (Å²) in [5.41, 5.74) is 0.632. The van der Waals surface area contributed by atoms with Gasteiger partial charge in [0.2, 0.25) is 0 Å². The summed E-state index contributed by atoms with van der Waals surface area (Å²) in [7, 11) is 1.39. The van der Waals surface area contributed by atoms with E-state index < -0.39 is 0 Å². The second-order valence-electron chi connectivity index (χ2n) is 7.02. The van der Waals surface area contributed by atoms with Gasteiger partial charge in [-0.3, -0.25) is 4.79 Å². The van der Waals surface area contributed by atoms with E-state index in [4.69, 9.17) is 4.74 Å². The number of pyridine rings is 1. The summed E-state index contributed by atoms with van der Waals surface area (Å²) in [6.07, 6.45) is 3.44. The number of carbonyl (C=O) groups is 2.